The molecule has 6 nitrogen and oxygen atoms in total. The quantitative estimate of drug-likeness (QED) is 0.672. The molecule has 25 heavy (non-hydrogen) atoms. The van der Waals surface area contributed by atoms with E-state index in [0.717, 1.165) is 17.5 Å². The van der Waals surface area contributed by atoms with Gasteiger partial charge in [-0.2, -0.15) is 0 Å². The van der Waals surface area contributed by atoms with E-state index in [1.54, 1.807) is 30.6 Å². The topological polar surface area (TPSA) is 91.8 Å². The first-order chi connectivity index (χ1) is 11.9. The number of carbonyl (C=O) groups is 1. The molecular weight excluding hydrogens is 316 g/mol. The Labute approximate surface area is 150 Å². The summed E-state index contributed by atoms with van der Waals surface area (Å²) in [5.74, 6) is 0.197. The van der Waals surface area contributed by atoms with E-state index in [1.807, 2.05) is 13.0 Å². The molecule has 1 atom stereocenters. The number of aliphatic hydroxyl groups is 1. The summed E-state index contributed by atoms with van der Waals surface area (Å²) in [6, 6.07) is 1.92. The number of amides is 1. The van der Waals surface area contributed by atoms with Crippen LogP contribution < -0.4 is 5.73 Å². The molecule has 1 amide bonds. The van der Waals surface area contributed by atoms with Gasteiger partial charge in [-0.25, -0.2) is 0 Å². The lowest BCUT2D eigenvalue weighted by Crippen LogP contribution is -2.36. The fraction of sp³-hybridized carbons (Fsp3) is 0.526. The van der Waals surface area contributed by atoms with Gasteiger partial charge in [0.1, 0.15) is 0 Å². The molecule has 0 spiro atoms. The number of nitrogens with two attached hydrogens (primary N) is 1. The molecule has 1 aromatic heterocycles. The van der Waals surface area contributed by atoms with E-state index in [4.69, 9.17) is 5.73 Å². The summed E-state index contributed by atoms with van der Waals surface area (Å²) in [4.78, 5) is 22.3. The van der Waals surface area contributed by atoms with Crippen LogP contribution in [0.5, 0.6) is 0 Å². The van der Waals surface area contributed by atoms with Crippen LogP contribution in [-0.4, -0.2) is 47.2 Å². The van der Waals surface area contributed by atoms with E-state index < -0.39 is 6.10 Å². The normalized spacial score (nSPS) is 13.4. The third-order valence-corrected chi connectivity index (χ3v) is 3.97. The van der Waals surface area contributed by atoms with Crippen LogP contribution in [-0.2, 0) is 4.79 Å². The molecule has 1 aromatic rings. The van der Waals surface area contributed by atoms with Crippen LogP contribution in [0, 0.1) is 0 Å². The number of nitrogens with zero attached hydrogens (tertiary/aromatic N) is 3. The standard InChI is InChI=1S/C19H30N4O2/c1-5-8-23(19(25)9-15(10-20)11-21-4)13-18(24)17-12-22-7-6-16(17)14(2)3/h6-7,10-12,14,18,24H,5,8-9,13,20H2,1-4H3/b15-10-,21-11?. The van der Waals surface area contributed by atoms with E-state index in [2.05, 4.69) is 23.8 Å². The predicted octanol–water partition coefficient (Wildman–Crippen LogP) is 2.41. The van der Waals surface area contributed by atoms with E-state index in [1.165, 1.54) is 6.20 Å². The zero-order chi connectivity index (χ0) is 18.8. The Kier molecular flexibility index (Phi) is 8.84. The highest BCUT2D eigenvalue weighted by Gasteiger charge is 2.21. The Balaban J connectivity index is 2.92. The summed E-state index contributed by atoms with van der Waals surface area (Å²) in [7, 11) is 1.64. The van der Waals surface area contributed by atoms with Crippen molar-refractivity contribution >= 4 is 12.1 Å². The average molecular weight is 346 g/mol. The number of hydrogen-bond acceptors (Lipinski definition) is 5. The van der Waals surface area contributed by atoms with Crippen molar-refractivity contribution in [2.24, 2.45) is 10.7 Å². The molecule has 1 unspecified atom stereocenters. The van der Waals surface area contributed by atoms with Crippen LogP contribution in [0.4, 0.5) is 0 Å². The van der Waals surface area contributed by atoms with Crippen molar-refractivity contribution in [2.75, 3.05) is 20.1 Å². The van der Waals surface area contributed by atoms with Crippen LogP contribution >= 0.6 is 0 Å². The summed E-state index contributed by atoms with van der Waals surface area (Å²) in [6.07, 6.45) is 6.59. The number of rotatable bonds is 9. The largest absolute Gasteiger partial charge is 0.404 e. The van der Waals surface area contributed by atoms with Gasteiger partial charge in [0.15, 0.2) is 0 Å². The Morgan fingerprint density at radius 3 is 2.72 bits per heavy atom. The van der Waals surface area contributed by atoms with Crippen molar-refractivity contribution in [1.82, 2.24) is 9.88 Å². The minimum absolute atomic E-state index is 0.0764. The molecule has 0 aliphatic heterocycles. The van der Waals surface area contributed by atoms with Crippen molar-refractivity contribution in [3.8, 4) is 0 Å². The van der Waals surface area contributed by atoms with E-state index in [-0.39, 0.29) is 24.8 Å². The van der Waals surface area contributed by atoms with Crippen LogP contribution in [0.3, 0.4) is 0 Å². The molecule has 0 aliphatic carbocycles. The molecular formula is C19H30N4O2. The number of hydrogen-bond donors (Lipinski definition) is 2. The van der Waals surface area contributed by atoms with Crippen LogP contribution in [0.15, 0.2) is 35.2 Å². The van der Waals surface area contributed by atoms with Crippen molar-refractivity contribution in [1.29, 1.82) is 0 Å². The molecule has 138 valence electrons. The second kappa shape index (κ2) is 10.6. The number of aromatic nitrogens is 1. The lowest BCUT2D eigenvalue weighted by molar-refractivity contribution is -0.131. The molecule has 0 aliphatic rings. The first kappa shape index (κ1) is 20.8. The third kappa shape index (κ3) is 6.31. The predicted molar refractivity (Wildman–Crippen MR) is 101 cm³/mol. The van der Waals surface area contributed by atoms with Crippen molar-refractivity contribution in [2.45, 2.75) is 45.6 Å². The fourth-order valence-electron chi connectivity index (χ4n) is 2.72. The smallest absolute Gasteiger partial charge is 0.227 e. The highest BCUT2D eigenvalue weighted by molar-refractivity contribution is 5.89. The zero-order valence-electron chi connectivity index (χ0n) is 15.6. The summed E-state index contributed by atoms with van der Waals surface area (Å²) < 4.78 is 0. The van der Waals surface area contributed by atoms with Gasteiger partial charge in [0, 0.05) is 37.8 Å². The first-order valence-electron chi connectivity index (χ1n) is 8.67. The molecule has 6 heteroatoms. The number of aliphatic imine (C=N–C) groups is 1. The SMILES string of the molecule is CCCN(CC(O)c1cnccc1C(C)C)C(=O)C/C(C=NC)=C/N. The molecule has 0 aromatic carbocycles. The Morgan fingerprint density at radius 1 is 1.44 bits per heavy atom. The molecule has 0 fully saturated rings. The highest BCUT2D eigenvalue weighted by atomic mass is 16.3. The summed E-state index contributed by atoms with van der Waals surface area (Å²) in [5.41, 5.74) is 8.03. The van der Waals surface area contributed by atoms with Gasteiger partial charge >= 0.3 is 0 Å². The van der Waals surface area contributed by atoms with Crippen LogP contribution in [0.25, 0.3) is 0 Å². The Bertz CT molecular complexity index is 611. The Hall–Kier alpha value is -2.21. The average Bonchev–Trinajstić information content (AvgIpc) is 2.60. The van der Waals surface area contributed by atoms with Crippen LogP contribution in [0.2, 0.25) is 0 Å². The van der Waals surface area contributed by atoms with Gasteiger partial charge in [0.25, 0.3) is 0 Å². The van der Waals surface area contributed by atoms with Gasteiger partial charge in [-0.3, -0.25) is 14.8 Å². The molecule has 1 rings (SSSR count). The maximum atomic E-state index is 12.6. The minimum Gasteiger partial charge on any atom is -0.404 e. The number of aliphatic hydroxyl groups excluding tert-OH is 1. The monoisotopic (exact) mass is 346 g/mol. The third-order valence-electron chi connectivity index (χ3n) is 3.97. The lowest BCUT2D eigenvalue weighted by atomic mass is 9.95. The minimum atomic E-state index is -0.772. The first-order valence-corrected chi connectivity index (χ1v) is 8.67. The van der Waals surface area contributed by atoms with Gasteiger partial charge in [-0.15, -0.1) is 0 Å². The highest BCUT2D eigenvalue weighted by Crippen LogP contribution is 2.25. The maximum Gasteiger partial charge on any atom is 0.227 e. The molecule has 1 heterocycles. The lowest BCUT2D eigenvalue weighted by Gasteiger charge is -2.26. The number of carbonyl (C=O) groups excluding carboxylic acids is 1. The van der Waals surface area contributed by atoms with Crippen molar-refractivity contribution < 1.29 is 9.90 Å². The maximum absolute atomic E-state index is 12.6. The van der Waals surface area contributed by atoms with Crippen molar-refractivity contribution in [3.63, 3.8) is 0 Å². The molecule has 0 bridgehead atoms. The molecule has 0 saturated carbocycles. The van der Waals surface area contributed by atoms with E-state index in [0.29, 0.717) is 12.1 Å². The van der Waals surface area contributed by atoms with Gasteiger partial charge in [0.05, 0.1) is 19.1 Å². The van der Waals surface area contributed by atoms with Gasteiger partial charge in [0.2, 0.25) is 5.91 Å². The summed E-state index contributed by atoms with van der Waals surface area (Å²) in [5, 5.41) is 10.7. The summed E-state index contributed by atoms with van der Waals surface area (Å²) in [6.45, 7) is 6.96. The van der Waals surface area contributed by atoms with E-state index in [9.17, 15) is 9.90 Å². The zero-order valence-corrected chi connectivity index (χ0v) is 15.6. The van der Waals surface area contributed by atoms with Gasteiger partial charge < -0.3 is 15.7 Å². The summed E-state index contributed by atoms with van der Waals surface area (Å²) >= 11 is 0. The fourth-order valence-corrected chi connectivity index (χ4v) is 2.72. The second-order valence-corrected chi connectivity index (χ2v) is 6.32. The van der Waals surface area contributed by atoms with Gasteiger partial charge in [-0.1, -0.05) is 20.8 Å². The van der Waals surface area contributed by atoms with Gasteiger partial charge in [-0.05, 0) is 35.7 Å². The Morgan fingerprint density at radius 2 is 2.16 bits per heavy atom. The molecule has 0 radical (unpaired) electrons. The van der Waals surface area contributed by atoms with Crippen LogP contribution in [0.1, 0.15) is 56.8 Å². The molecule has 0 saturated heterocycles. The van der Waals surface area contributed by atoms with Crippen molar-refractivity contribution in [3.05, 3.63) is 41.4 Å². The van der Waals surface area contributed by atoms with E-state index >= 15 is 0 Å². The molecule has 3 N–H and O–H groups in total. The number of pyridine rings is 1. The second-order valence-electron chi connectivity index (χ2n) is 6.32.